The molecule has 0 saturated heterocycles. The van der Waals surface area contributed by atoms with E-state index < -0.39 is 5.54 Å². The Morgan fingerprint density at radius 2 is 1.26 bits per heavy atom. The van der Waals surface area contributed by atoms with Gasteiger partial charge >= 0.3 is 0 Å². The summed E-state index contributed by atoms with van der Waals surface area (Å²) in [6.45, 7) is 13.5. The molecule has 0 atom stereocenters. The first kappa shape index (κ1) is 29.5. The van der Waals surface area contributed by atoms with Crippen LogP contribution in [0.3, 0.4) is 0 Å². The van der Waals surface area contributed by atoms with E-state index in [1.165, 1.54) is 0 Å². The second kappa shape index (κ2) is 18.1. The molecule has 3 N–H and O–H groups in total. The minimum absolute atomic E-state index is 0.0870. The van der Waals surface area contributed by atoms with Crippen LogP contribution in [0, 0.1) is 0 Å². The second-order valence-electron chi connectivity index (χ2n) is 8.22. The molecule has 0 rings (SSSR count). The lowest BCUT2D eigenvalue weighted by molar-refractivity contribution is -0.126. The van der Waals surface area contributed by atoms with Gasteiger partial charge in [-0.15, -0.1) is 0 Å². The molecule has 2 amide bonds. The van der Waals surface area contributed by atoms with Crippen LogP contribution in [0.5, 0.6) is 0 Å². The predicted octanol–water partition coefficient (Wildman–Crippen LogP) is 1.19. The third-order valence-electron chi connectivity index (χ3n) is 4.47. The quantitative estimate of drug-likeness (QED) is 0.241. The van der Waals surface area contributed by atoms with Gasteiger partial charge in [0.1, 0.15) is 5.78 Å². The summed E-state index contributed by atoms with van der Waals surface area (Å²) < 4.78 is 16.4. The predicted molar refractivity (Wildman–Crippen MR) is 120 cm³/mol. The molecule has 9 heteroatoms. The number of rotatable bonds is 20. The molecule has 0 radical (unpaired) electrons. The number of ketones is 1. The number of hydrogen-bond acceptors (Lipinski definition) is 7. The third kappa shape index (κ3) is 18.9. The standard InChI is InChI=1S/C22H43N3O6/c1-18(2)25-21(28)9-8-20(27)23-10-6-12-29-14-16-31-17-15-30-13-7-11-24-22(4,5)19(3)26/h18,24H,6-17H2,1-5H3,(H,23,27)(H,25,28). The minimum atomic E-state index is -0.486. The molecular formula is C22H43N3O6. The minimum Gasteiger partial charge on any atom is -0.379 e. The zero-order valence-corrected chi connectivity index (χ0v) is 20.0. The van der Waals surface area contributed by atoms with Gasteiger partial charge in [-0.05, 0) is 54.0 Å². The summed E-state index contributed by atoms with van der Waals surface area (Å²) in [5, 5.41) is 8.74. The largest absolute Gasteiger partial charge is 0.379 e. The van der Waals surface area contributed by atoms with E-state index in [1.807, 2.05) is 27.7 Å². The maximum Gasteiger partial charge on any atom is 0.220 e. The van der Waals surface area contributed by atoms with Crippen LogP contribution >= 0.6 is 0 Å². The molecule has 0 aliphatic carbocycles. The SMILES string of the molecule is CC(=O)C(C)(C)NCCCOCCOCCOCCCNC(=O)CCC(=O)NC(C)C. The molecule has 182 valence electrons. The van der Waals surface area contributed by atoms with Gasteiger partial charge in [-0.2, -0.15) is 0 Å². The van der Waals surface area contributed by atoms with Gasteiger partial charge in [0.15, 0.2) is 0 Å². The van der Waals surface area contributed by atoms with Crippen molar-refractivity contribution in [2.24, 2.45) is 0 Å². The molecule has 0 bridgehead atoms. The van der Waals surface area contributed by atoms with Crippen LogP contribution in [-0.2, 0) is 28.6 Å². The number of amides is 2. The van der Waals surface area contributed by atoms with Crippen LogP contribution in [0.15, 0.2) is 0 Å². The Morgan fingerprint density at radius 3 is 1.77 bits per heavy atom. The van der Waals surface area contributed by atoms with Crippen molar-refractivity contribution in [1.82, 2.24) is 16.0 Å². The van der Waals surface area contributed by atoms with E-state index in [-0.39, 0.29) is 36.5 Å². The van der Waals surface area contributed by atoms with Crippen LogP contribution < -0.4 is 16.0 Å². The number of hydrogen-bond donors (Lipinski definition) is 3. The summed E-state index contributed by atoms with van der Waals surface area (Å²) >= 11 is 0. The van der Waals surface area contributed by atoms with E-state index in [0.717, 1.165) is 13.0 Å². The highest BCUT2D eigenvalue weighted by atomic mass is 16.5. The van der Waals surface area contributed by atoms with E-state index in [4.69, 9.17) is 14.2 Å². The summed E-state index contributed by atoms with van der Waals surface area (Å²) in [6.07, 6.45) is 1.95. The van der Waals surface area contributed by atoms with Crippen molar-refractivity contribution in [3.8, 4) is 0 Å². The maximum absolute atomic E-state index is 11.6. The summed E-state index contributed by atoms with van der Waals surface area (Å²) in [5.41, 5.74) is -0.486. The van der Waals surface area contributed by atoms with E-state index in [0.29, 0.717) is 52.6 Å². The number of carbonyl (C=O) groups is 3. The summed E-state index contributed by atoms with van der Waals surface area (Å²) in [6, 6.07) is 0.0870. The molecule has 0 unspecified atom stereocenters. The highest BCUT2D eigenvalue weighted by Crippen LogP contribution is 2.02. The van der Waals surface area contributed by atoms with Gasteiger partial charge in [0.25, 0.3) is 0 Å². The monoisotopic (exact) mass is 445 g/mol. The molecule has 0 aromatic heterocycles. The van der Waals surface area contributed by atoms with E-state index in [1.54, 1.807) is 6.92 Å². The van der Waals surface area contributed by atoms with Crippen molar-refractivity contribution in [3.63, 3.8) is 0 Å². The van der Waals surface area contributed by atoms with Crippen molar-refractivity contribution in [2.75, 3.05) is 52.7 Å². The first-order valence-corrected chi connectivity index (χ1v) is 11.2. The Balaban J connectivity index is 3.32. The molecule has 0 aliphatic heterocycles. The molecule has 9 nitrogen and oxygen atoms in total. The number of nitrogens with one attached hydrogen (secondary N) is 3. The highest BCUT2D eigenvalue weighted by molar-refractivity contribution is 5.85. The van der Waals surface area contributed by atoms with Crippen molar-refractivity contribution in [3.05, 3.63) is 0 Å². The Kier molecular flexibility index (Phi) is 17.2. The molecule has 0 fully saturated rings. The Bertz CT molecular complexity index is 511. The first-order valence-electron chi connectivity index (χ1n) is 11.2. The average Bonchev–Trinajstić information content (AvgIpc) is 2.68. The van der Waals surface area contributed by atoms with Crippen LogP contribution in [0.1, 0.15) is 60.3 Å². The molecule has 0 aliphatic rings. The number of Topliss-reactive ketones (excluding diaryl/α,β-unsaturated/α-hetero) is 1. The Labute approximate surface area is 187 Å². The van der Waals surface area contributed by atoms with Gasteiger partial charge in [-0.25, -0.2) is 0 Å². The fraction of sp³-hybridized carbons (Fsp3) is 0.864. The molecular weight excluding hydrogens is 402 g/mol. The van der Waals surface area contributed by atoms with Gasteiger partial charge in [-0.3, -0.25) is 14.4 Å². The van der Waals surface area contributed by atoms with Crippen molar-refractivity contribution < 1.29 is 28.6 Å². The molecule has 0 aromatic carbocycles. The second-order valence-corrected chi connectivity index (χ2v) is 8.22. The first-order chi connectivity index (χ1) is 14.6. The summed E-state index contributed by atoms with van der Waals surface area (Å²) in [4.78, 5) is 34.5. The van der Waals surface area contributed by atoms with Crippen LogP contribution in [0.4, 0.5) is 0 Å². The maximum atomic E-state index is 11.6. The van der Waals surface area contributed by atoms with Crippen molar-refractivity contribution in [1.29, 1.82) is 0 Å². The molecule has 0 aromatic rings. The molecule has 0 heterocycles. The summed E-state index contributed by atoms with van der Waals surface area (Å²) in [7, 11) is 0. The fourth-order valence-electron chi connectivity index (χ4n) is 2.35. The summed E-state index contributed by atoms with van der Waals surface area (Å²) in [5.74, 6) is -0.109. The van der Waals surface area contributed by atoms with Crippen LogP contribution in [0.25, 0.3) is 0 Å². The fourth-order valence-corrected chi connectivity index (χ4v) is 2.35. The van der Waals surface area contributed by atoms with Crippen molar-refractivity contribution >= 4 is 17.6 Å². The van der Waals surface area contributed by atoms with Gasteiger partial charge in [0.2, 0.25) is 11.8 Å². The lowest BCUT2D eigenvalue weighted by atomic mass is 10.0. The lowest BCUT2D eigenvalue weighted by Crippen LogP contribution is -2.46. The average molecular weight is 446 g/mol. The van der Waals surface area contributed by atoms with E-state index >= 15 is 0 Å². The molecule has 0 spiro atoms. The van der Waals surface area contributed by atoms with Gasteiger partial charge in [-0.1, -0.05) is 0 Å². The lowest BCUT2D eigenvalue weighted by Gasteiger charge is -2.22. The van der Waals surface area contributed by atoms with Gasteiger partial charge < -0.3 is 30.2 Å². The Morgan fingerprint density at radius 1 is 0.774 bits per heavy atom. The van der Waals surface area contributed by atoms with Gasteiger partial charge in [0.05, 0.1) is 32.0 Å². The number of carbonyl (C=O) groups excluding carboxylic acids is 3. The molecule has 0 saturated carbocycles. The number of ether oxygens (including phenoxy) is 3. The van der Waals surface area contributed by atoms with Crippen LogP contribution in [0.2, 0.25) is 0 Å². The van der Waals surface area contributed by atoms with Gasteiger partial charge in [0, 0.05) is 38.6 Å². The van der Waals surface area contributed by atoms with Crippen molar-refractivity contribution in [2.45, 2.75) is 71.9 Å². The smallest absolute Gasteiger partial charge is 0.220 e. The molecule has 31 heavy (non-hydrogen) atoms. The Hall–Kier alpha value is -1.55. The normalized spacial score (nSPS) is 11.5. The highest BCUT2D eigenvalue weighted by Gasteiger charge is 2.21. The zero-order chi connectivity index (χ0) is 23.5. The third-order valence-corrected chi connectivity index (χ3v) is 4.47. The van der Waals surface area contributed by atoms with E-state index in [2.05, 4.69) is 16.0 Å². The topological polar surface area (TPSA) is 115 Å². The van der Waals surface area contributed by atoms with E-state index in [9.17, 15) is 14.4 Å². The van der Waals surface area contributed by atoms with Crippen LogP contribution in [-0.4, -0.2) is 81.9 Å². The zero-order valence-electron chi connectivity index (χ0n) is 20.0.